The molecule has 0 fully saturated rings. The van der Waals surface area contributed by atoms with Gasteiger partial charge in [-0.3, -0.25) is 4.79 Å². The molecular formula is C22H19BrN2O4. The highest BCUT2D eigenvalue weighted by molar-refractivity contribution is 9.10. The van der Waals surface area contributed by atoms with Gasteiger partial charge in [-0.05, 0) is 48.5 Å². The van der Waals surface area contributed by atoms with Crippen molar-refractivity contribution in [3.8, 4) is 5.75 Å². The van der Waals surface area contributed by atoms with Gasteiger partial charge in [0, 0.05) is 28.0 Å². The van der Waals surface area contributed by atoms with Crippen LogP contribution in [0.15, 0.2) is 77.3 Å². The number of nitrogens with one attached hydrogen (secondary N) is 2. The summed E-state index contributed by atoms with van der Waals surface area (Å²) in [5.41, 5.74) is 2.42. The van der Waals surface area contributed by atoms with Crippen molar-refractivity contribution >= 4 is 39.2 Å². The van der Waals surface area contributed by atoms with Crippen molar-refractivity contribution in [2.75, 3.05) is 17.2 Å². The van der Waals surface area contributed by atoms with Crippen LogP contribution in [0.3, 0.4) is 0 Å². The molecule has 0 aliphatic carbocycles. The third kappa shape index (κ3) is 6.08. The Morgan fingerprint density at radius 1 is 0.931 bits per heavy atom. The molecule has 3 aromatic rings. The Morgan fingerprint density at radius 2 is 1.69 bits per heavy atom. The summed E-state index contributed by atoms with van der Waals surface area (Å²) in [5.74, 6) is -0.671. The number of carboxylic acid groups (broad SMARTS) is 1. The quantitative estimate of drug-likeness (QED) is 0.455. The first kappa shape index (κ1) is 20.4. The van der Waals surface area contributed by atoms with Crippen LogP contribution in [-0.2, 0) is 11.3 Å². The molecule has 3 N–H and O–H groups in total. The van der Waals surface area contributed by atoms with Crippen LogP contribution >= 0.6 is 15.9 Å². The predicted octanol–water partition coefficient (Wildman–Crippen LogP) is 4.78. The van der Waals surface area contributed by atoms with Crippen LogP contribution in [0.4, 0.5) is 11.4 Å². The van der Waals surface area contributed by atoms with Crippen LogP contribution in [0.1, 0.15) is 15.9 Å². The average Bonchev–Trinajstić information content (AvgIpc) is 2.72. The second kappa shape index (κ2) is 9.75. The van der Waals surface area contributed by atoms with Crippen LogP contribution < -0.4 is 15.4 Å². The first-order valence-corrected chi connectivity index (χ1v) is 9.64. The van der Waals surface area contributed by atoms with Gasteiger partial charge in [0.15, 0.2) is 6.61 Å². The molecule has 0 atom stereocenters. The van der Waals surface area contributed by atoms with Gasteiger partial charge in [0.05, 0.1) is 5.56 Å². The van der Waals surface area contributed by atoms with Gasteiger partial charge in [-0.1, -0.05) is 40.2 Å². The lowest BCUT2D eigenvalue weighted by Gasteiger charge is -2.14. The fourth-order valence-electron chi connectivity index (χ4n) is 2.65. The van der Waals surface area contributed by atoms with Gasteiger partial charge in [0.2, 0.25) is 0 Å². The zero-order chi connectivity index (χ0) is 20.6. The second-order valence-electron chi connectivity index (χ2n) is 6.19. The zero-order valence-corrected chi connectivity index (χ0v) is 17.0. The number of carbonyl (C=O) groups excluding carboxylic acids is 1. The number of amides is 1. The van der Waals surface area contributed by atoms with Crippen LogP contribution in [0.2, 0.25) is 0 Å². The molecule has 0 saturated heterocycles. The van der Waals surface area contributed by atoms with E-state index in [0.29, 0.717) is 23.7 Å². The molecule has 0 radical (unpaired) electrons. The number of rotatable bonds is 8. The average molecular weight is 455 g/mol. The third-order valence-corrected chi connectivity index (χ3v) is 4.52. The molecule has 0 spiro atoms. The minimum absolute atomic E-state index is 0.127. The van der Waals surface area contributed by atoms with Crippen molar-refractivity contribution in [3.63, 3.8) is 0 Å². The van der Waals surface area contributed by atoms with Crippen molar-refractivity contribution in [3.05, 3.63) is 88.4 Å². The molecule has 0 saturated carbocycles. The highest BCUT2D eigenvalue weighted by atomic mass is 79.9. The first-order chi connectivity index (χ1) is 14.0. The summed E-state index contributed by atoms with van der Waals surface area (Å²) in [7, 11) is 0. The molecule has 3 aromatic carbocycles. The largest absolute Gasteiger partial charge is 0.483 e. The second-order valence-corrected chi connectivity index (χ2v) is 7.11. The van der Waals surface area contributed by atoms with Crippen molar-refractivity contribution in [1.29, 1.82) is 0 Å². The molecule has 7 heteroatoms. The summed E-state index contributed by atoms with van der Waals surface area (Å²) in [5, 5.41) is 15.1. The van der Waals surface area contributed by atoms with Gasteiger partial charge in [-0.25, -0.2) is 4.79 Å². The van der Waals surface area contributed by atoms with Crippen LogP contribution in [0, 0.1) is 0 Å². The highest BCUT2D eigenvalue weighted by Gasteiger charge is 2.09. The summed E-state index contributed by atoms with van der Waals surface area (Å²) in [6.45, 7) is 0.274. The fraction of sp³-hybridized carbons (Fsp3) is 0.0909. The molecule has 0 aliphatic heterocycles. The number of para-hydroxylation sites is 1. The Hall–Kier alpha value is -3.32. The van der Waals surface area contributed by atoms with Crippen molar-refractivity contribution in [1.82, 2.24) is 0 Å². The van der Waals surface area contributed by atoms with E-state index < -0.39 is 5.97 Å². The summed E-state index contributed by atoms with van der Waals surface area (Å²) in [6, 6.07) is 21.2. The molecule has 0 aromatic heterocycles. The topological polar surface area (TPSA) is 87.7 Å². The number of benzene rings is 3. The number of halogens is 1. The standard InChI is InChI=1S/C22H19BrN2O4/c23-17-9-10-20(29-14-21(26)25-18-6-2-1-3-7-18)16(11-17)13-24-19-8-4-5-15(12-19)22(27)28/h1-12,24H,13-14H2,(H,25,26)(H,27,28). The smallest absolute Gasteiger partial charge is 0.335 e. The molecule has 1 amide bonds. The molecule has 0 heterocycles. The molecule has 29 heavy (non-hydrogen) atoms. The maximum atomic E-state index is 12.1. The van der Waals surface area contributed by atoms with Gasteiger partial charge >= 0.3 is 5.97 Å². The number of aromatic carboxylic acids is 1. The number of ether oxygens (including phenoxy) is 1. The highest BCUT2D eigenvalue weighted by Crippen LogP contribution is 2.25. The Morgan fingerprint density at radius 3 is 2.45 bits per heavy atom. The van der Waals surface area contributed by atoms with E-state index in [2.05, 4.69) is 26.6 Å². The number of hydrogen-bond donors (Lipinski definition) is 3. The molecular weight excluding hydrogens is 436 g/mol. The van der Waals surface area contributed by atoms with Gasteiger partial charge in [-0.15, -0.1) is 0 Å². The lowest BCUT2D eigenvalue weighted by Crippen LogP contribution is -2.20. The Labute approximate surface area is 176 Å². The van der Waals surface area contributed by atoms with E-state index in [-0.39, 0.29) is 18.1 Å². The predicted molar refractivity (Wildman–Crippen MR) is 115 cm³/mol. The van der Waals surface area contributed by atoms with E-state index in [9.17, 15) is 9.59 Å². The van der Waals surface area contributed by atoms with Gasteiger partial charge in [0.1, 0.15) is 5.75 Å². The first-order valence-electron chi connectivity index (χ1n) is 8.84. The lowest BCUT2D eigenvalue weighted by atomic mass is 10.1. The van der Waals surface area contributed by atoms with Crippen molar-refractivity contribution in [2.24, 2.45) is 0 Å². The molecule has 0 bridgehead atoms. The Bertz CT molecular complexity index is 1010. The van der Waals surface area contributed by atoms with Gasteiger partial charge in [0.25, 0.3) is 5.91 Å². The summed E-state index contributed by atoms with van der Waals surface area (Å²) in [4.78, 5) is 23.2. The number of carbonyl (C=O) groups is 2. The van der Waals surface area contributed by atoms with Gasteiger partial charge in [-0.2, -0.15) is 0 Å². The van der Waals surface area contributed by atoms with Crippen LogP contribution in [0.25, 0.3) is 0 Å². The van der Waals surface area contributed by atoms with E-state index in [1.54, 1.807) is 36.4 Å². The number of anilines is 2. The van der Waals surface area contributed by atoms with Crippen molar-refractivity contribution in [2.45, 2.75) is 6.54 Å². The molecule has 3 rings (SSSR count). The maximum absolute atomic E-state index is 12.1. The Balaban J connectivity index is 1.64. The third-order valence-electron chi connectivity index (χ3n) is 4.03. The number of carboxylic acids is 1. The van der Waals surface area contributed by atoms with Crippen LogP contribution in [0.5, 0.6) is 5.75 Å². The SMILES string of the molecule is O=C(COc1ccc(Br)cc1CNc1cccc(C(=O)O)c1)Nc1ccccc1. The summed E-state index contributed by atoms with van der Waals surface area (Å²) >= 11 is 3.44. The minimum Gasteiger partial charge on any atom is -0.483 e. The van der Waals surface area contributed by atoms with E-state index in [1.807, 2.05) is 30.3 Å². The number of hydrogen-bond acceptors (Lipinski definition) is 4. The van der Waals surface area contributed by atoms with E-state index in [4.69, 9.17) is 9.84 Å². The minimum atomic E-state index is -0.982. The van der Waals surface area contributed by atoms with Crippen molar-refractivity contribution < 1.29 is 19.4 Å². The monoisotopic (exact) mass is 454 g/mol. The van der Waals surface area contributed by atoms with E-state index in [0.717, 1.165) is 10.0 Å². The van der Waals surface area contributed by atoms with Gasteiger partial charge < -0.3 is 20.5 Å². The summed E-state index contributed by atoms with van der Waals surface area (Å²) < 4.78 is 6.58. The zero-order valence-electron chi connectivity index (χ0n) is 15.4. The van der Waals surface area contributed by atoms with E-state index >= 15 is 0 Å². The summed E-state index contributed by atoms with van der Waals surface area (Å²) in [6.07, 6.45) is 0. The normalized spacial score (nSPS) is 10.2. The fourth-order valence-corrected chi connectivity index (χ4v) is 3.06. The molecule has 0 unspecified atom stereocenters. The maximum Gasteiger partial charge on any atom is 0.335 e. The molecule has 6 nitrogen and oxygen atoms in total. The Kier molecular flexibility index (Phi) is 6.86. The lowest BCUT2D eigenvalue weighted by molar-refractivity contribution is -0.118. The molecule has 0 aliphatic rings. The van der Waals surface area contributed by atoms with E-state index in [1.165, 1.54) is 6.07 Å². The van der Waals surface area contributed by atoms with Crippen LogP contribution in [-0.4, -0.2) is 23.6 Å². The molecule has 148 valence electrons.